The van der Waals surface area contributed by atoms with Crippen LogP contribution in [0.2, 0.25) is 0 Å². The predicted octanol–water partition coefficient (Wildman–Crippen LogP) is 1.96. The van der Waals surface area contributed by atoms with Crippen LogP contribution in [0.1, 0.15) is 12.5 Å². The van der Waals surface area contributed by atoms with Gasteiger partial charge >= 0.3 is 0 Å². The van der Waals surface area contributed by atoms with Crippen LogP contribution in [0.4, 0.5) is 10.1 Å². The molecular weight excluding hydrogens is 205 g/mol. The lowest BCUT2D eigenvalue weighted by atomic mass is 10.1. The molecule has 1 rings (SSSR count). The van der Waals surface area contributed by atoms with Gasteiger partial charge in [0.25, 0.3) is 0 Å². The molecule has 3 nitrogen and oxygen atoms in total. The molecule has 0 radical (unpaired) electrons. The summed E-state index contributed by atoms with van der Waals surface area (Å²) in [6.45, 7) is 3.75. The topological polar surface area (TPSA) is 47.8 Å². The molecule has 1 unspecified atom stereocenters. The third-order valence-electron chi connectivity index (χ3n) is 2.30. The Labute approximate surface area is 95.3 Å². The molecule has 86 valence electrons. The lowest BCUT2D eigenvalue weighted by Gasteiger charge is -2.13. The fourth-order valence-corrected chi connectivity index (χ4v) is 1.47. The molecule has 4 heteroatoms. The number of rotatable bonds is 5. The molecule has 0 saturated heterocycles. The third-order valence-corrected chi connectivity index (χ3v) is 2.30. The van der Waals surface area contributed by atoms with Gasteiger partial charge in [0.2, 0.25) is 0 Å². The summed E-state index contributed by atoms with van der Waals surface area (Å²) in [5.74, 6) is 0.0620. The third kappa shape index (κ3) is 3.52. The van der Waals surface area contributed by atoms with Gasteiger partial charge in [-0.3, -0.25) is 0 Å². The van der Waals surface area contributed by atoms with Gasteiger partial charge in [-0.2, -0.15) is 5.26 Å². The van der Waals surface area contributed by atoms with Gasteiger partial charge in [-0.05, 0) is 37.7 Å². The molecule has 0 aliphatic carbocycles. The van der Waals surface area contributed by atoms with Crippen molar-refractivity contribution in [2.75, 3.05) is 25.5 Å². The number of halogens is 1. The molecule has 0 saturated carbocycles. The summed E-state index contributed by atoms with van der Waals surface area (Å²) in [7, 11) is 1.90. The molecule has 2 N–H and O–H groups in total. The molecule has 0 aliphatic rings. The van der Waals surface area contributed by atoms with Crippen molar-refractivity contribution >= 4 is 5.69 Å². The van der Waals surface area contributed by atoms with Crippen LogP contribution in [0.15, 0.2) is 18.2 Å². The molecule has 1 aromatic rings. The van der Waals surface area contributed by atoms with Gasteiger partial charge in [0.1, 0.15) is 11.9 Å². The minimum atomic E-state index is -0.384. The van der Waals surface area contributed by atoms with Crippen LogP contribution in [0, 0.1) is 23.1 Å². The van der Waals surface area contributed by atoms with Crippen molar-refractivity contribution < 1.29 is 4.39 Å². The second-order valence-electron chi connectivity index (χ2n) is 3.85. The first-order chi connectivity index (χ1) is 7.67. The Kier molecular flexibility index (Phi) is 4.74. The quantitative estimate of drug-likeness (QED) is 0.799. The average molecular weight is 221 g/mol. The zero-order valence-corrected chi connectivity index (χ0v) is 9.55. The molecule has 0 heterocycles. The molecule has 0 bridgehead atoms. The maximum Gasteiger partial charge on any atom is 0.124 e. The van der Waals surface area contributed by atoms with Crippen LogP contribution in [0.5, 0.6) is 0 Å². The summed E-state index contributed by atoms with van der Waals surface area (Å²) in [6.07, 6.45) is 0. The maximum atomic E-state index is 12.9. The fourth-order valence-electron chi connectivity index (χ4n) is 1.47. The number of nitriles is 1. The summed E-state index contributed by atoms with van der Waals surface area (Å²) in [4.78, 5) is 0. The molecule has 0 spiro atoms. The van der Waals surface area contributed by atoms with E-state index >= 15 is 0 Å². The Hall–Kier alpha value is -1.60. The largest absolute Gasteiger partial charge is 0.384 e. The summed E-state index contributed by atoms with van der Waals surface area (Å²) in [5.41, 5.74) is 1.03. The molecular formula is C12H16FN3. The lowest BCUT2D eigenvalue weighted by molar-refractivity contribution is 0.569. The predicted molar refractivity (Wildman–Crippen MR) is 62.7 cm³/mol. The van der Waals surface area contributed by atoms with Gasteiger partial charge in [-0.1, -0.05) is 6.92 Å². The molecule has 1 aromatic carbocycles. The second kappa shape index (κ2) is 6.09. The maximum absolute atomic E-state index is 12.9. The first-order valence-corrected chi connectivity index (χ1v) is 5.25. The Morgan fingerprint density at radius 2 is 2.19 bits per heavy atom. The van der Waals surface area contributed by atoms with Gasteiger partial charge in [0.15, 0.2) is 0 Å². The first kappa shape index (κ1) is 12.5. The van der Waals surface area contributed by atoms with Crippen molar-refractivity contribution in [3.8, 4) is 6.07 Å². The number of anilines is 1. The van der Waals surface area contributed by atoms with E-state index in [0.29, 0.717) is 17.2 Å². The normalized spacial score (nSPS) is 11.9. The van der Waals surface area contributed by atoms with Crippen molar-refractivity contribution in [3.05, 3.63) is 29.6 Å². The van der Waals surface area contributed by atoms with Crippen molar-refractivity contribution in [2.45, 2.75) is 6.92 Å². The highest BCUT2D eigenvalue weighted by atomic mass is 19.1. The number of nitrogens with zero attached hydrogens (tertiary/aromatic N) is 1. The van der Waals surface area contributed by atoms with E-state index in [4.69, 9.17) is 5.26 Å². The smallest absolute Gasteiger partial charge is 0.124 e. The van der Waals surface area contributed by atoms with Gasteiger partial charge in [-0.15, -0.1) is 0 Å². The van der Waals surface area contributed by atoms with Crippen LogP contribution in [-0.2, 0) is 0 Å². The Morgan fingerprint density at radius 1 is 1.44 bits per heavy atom. The van der Waals surface area contributed by atoms with E-state index in [1.165, 1.54) is 12.1 Å². The van der Waals surface area contributed by atoms with E-state index in [-0.39, 0.29) is 5.82 Å². The molecule has 0 amide bonds. The van der Waals surface area contributed by atoms with Crippen molar-refractivity contribution in [1.29, 1.82) is 5.26 Å². The second-order valence-corrected chi connectivity index (χ2v) is 3.85. The molecule has 1 atom stereocenters. The standard InChI is InChI=1S/C12H16FN3/c1-9(7-15-2)8-16-12-4-3-11(13)5-10(12)6-14/h3-5,9,15-16H,7-8H2,1-2H3. The van der Waals surface area contributed by atoms with Gasteiger partial charge in [0.05, 0.1) is 11.3 Å². The van der Waals surface area contributed by atoms with E-state index in [1.54, 1.807) is 6.07 Å². The zero-order valence-electron chi connectivity index (χ0n) is 9.55. The molecule has 16 heavy (non-hydrogen) atoms. The summed E-state index contributed by atoms with van der Waals surface area (Å²) in [5, 5.41) is 15.1. The van der Waals surface area contributed by atoms with Gasteiger partial charge < -0.3 is 10.6 Å². The SMILES string of the molecule is CNCC(C)CNc1ccc(F)cc1C#N. The average Bonchev–Trinajstić information content (AvgIpc) is 2.27. The molecule has 0 aromatic heterocycles. The zero-order chi connectivity index (χ0) is 12.0. The van der Waals surface area contributed by atoms with Crippen LogP contribution in [0.25, 0.3) is 0 Å². The first-order valence-electron chi connectivity index (χ1n) is 5.25. The molecule has 0 aliphatic heterocycles. The van der Waals surface area contributed by atoms with Crippen LogP contribution in [-0.4, -0.2) is 20.1 Å². The van der Waals surface area contributed by atoms with E-state index in [1.807, 2.05) is 13.1 Å². The highest BCUT2D eigenvalue weighted by Gasteiger charge is 2.05. The highest BCUT2D eigenvalue weighted by Crippen LogP contribution is 2.16. The Morgan fingerprint density at radius 3 is 2.81 bits per heavy atom. The van der Waals surface area contributed by atoms with Crippen LogP contribution >= 0.6 is 0 Å². The number of nitrogens with one attached hydrogen (secondary N) is 2. The van der Waals surface area contributed by atoms with Gasteiger partial charge in [0, 0.05) is 6.54 Å². The Balaban J connectivity index is 2.64. The Bertz CT molecular complexity index is 384. The van der Waals surface area contributed by atoms with Crippen molar-refractivity contribution in [3.63, 3.8) is 0 Å². The van der Waals surface area contributed by atoms with E-state index in [0.717, 1.165) is 13.1 Å². The van der Waals surface area contributed by atoms with Crippen molar-refractivity contribution in [1.82, 2.24) is 5.32 Å². The summed E-state index contributed by atoms with van der Waals surface area (Å²) in [6, 6.07) is 6.17. The molecule has 0 fully saturated rings. The van der Waals surface area contributed by atoms with E-state index in [9.17, 15) is 4.39 Å². The number of benzene rings is 1. The van der Waals surface area contributed by atoms with E-state index < -0.39 is 0 Å². The lowest BCUT2D eigenvalue weighted by Crippen LogP contribution is -2.23. The van der Waals surface area contributed by atoms with E-state index in [2.05, 4.69) is 17.6 Å². The minimum absolute atomic E-state index is 0.344. The van der Waals surface area contributed by atoms with Gasteiger partial charge in [-0.25, -0.2) is 4.39 Å². The number of hydrogen-bond donors (Lipinski definition) is 2. The van der Waals surface area contributed by atoms with Crippen molar-refractivity contribution in [2.24, 2.45) is 5.92 Å². The van der Waals surface area contributed by atoms with Crippen LogP contribution in [0.3, 0.4) is 0 Å². The highest BCUT2D eigenvalue weighted by molar-refractivity contribution is 5.57. The number of hydrogen-bond acceptors (Lipinski definition) is 3. The monoisotopic (exact) mass is 221 g/mol. The fraction of sp³-hybridized carbons (Fsp3) is 0.417. The van der Waals surface area contributed by atoms with Crippen LogP contribution < -0.4 is 10.6 Å². The summed E-state index contributed by atoms with van der Waals surface area (Å²) >= 11 is 0. The summed E-state index contributed by atoms with van der Waals surface area (Å²) < 4.78 is 12.9. The minimum Gasteiger partial charge on any atom is -0.384 e.